The van der Waals surface area contributed by atoms with E-state index in [2.05, 4.69) is 20.8 Å². The van der Waals surface area contributed by atoms with Crippen molar-refractivity contribution in [3.63, 3.8) is 0 Å². The van der Waals surface area contributed by atoms with Crippen molar-refractivity contribution in [2.45, 2.75) is 39.3 Å². The molecule has 0 bridgehead atoms. The number of hydrogen-bond acceptors (Lipinski definition) is 4. The molecule has 2 aromatic rings. The summed E-state index contributed by atoms with van der Waals surface area (Å²) >= 11 is 0. The third kappa shape index (κ3) is 4.91. The average molecular weight is 315 g/mol. The van der Waals surface area contributed by atoms with Crippen molar-refractivity contribution >= 4 is 17.8 Å². The van der Waals surface area contributed by atoms with Crippen LogP contribution in [0.5, 0.6) is 0 Å². The first kappa shape index (κ1) is 16.7. The highest BCUT2D eigenvalue weighted by Crippen LogP contribution is 2.09. The minimum atomic E-state index is -0.570. The first-order valence-electron chi connectivity index (χ1n) is 7.60. The van der Waals surface area contributed by atoms with Crippen molar-refractivity contribution in [2.75, 3.05) is 5.32 Å². The molecule has 23 heavy (non-hydrogen) atoms. The van der Waals surface area contributed by atoms with E-state index in [0.717, 1.165) is 12.0 Å². The predicted octanol–water partition coefficient (Wildman–Crippen LogP) is 1.57. The number of nitrogens with zero attached hydrogens (tertiary/aromatic N) is 3. The maximum Gasteiger partial charge on any atom is 0.249 e. The topological polar surface area (TPSA) is 88.9 Å². The molecule has 0 spiro atoms. The van der Waals surface area contributed by atoms with Gasteiger partial charge in [-0.3, -0.25) is 19.5 Å². The number of hydrogen-bond donors (Lipinski definition) is 2. The molecule has 0 aliphatic carbocycles. The summed E-state index contributed by atoms with van der Waals surface area (Å²) in [7, 11) is 0. The van der Waals surface area contributed by atoms with E-state index in [1.54, 1.807) is 10.9 Å². The zero-order valence-corrected chi connectivity index (χ0v) is 13.3. The molecule has 1 aromatic carbocycles. The second-order valence-electron chi connectivity index (χ2n) is 5.30. The lowest BCUT2D eigenvalue weighted by Crippen LogP contribution is -2.43. The van der Waals surface area contributed by atoms with Crippen LogP contribution in [-0.4, -0.2) is 32.6 Å². The van der Waals surface area contributed by atoms with E-state index in [-0.39, 0.29) is 11.8 Å². The highest BCUT2D eigenvalue weighted by atomic mass is 16.2. The van der Waals surface area contributed by atoms with Crippen LogP contribution in [0.15, 0.2) is 36.7 Å². The van der Waals surface area contributed by atoms with Gasteiger partial charge >= 0.3 is 0 Å². The fourth-order valence-electron chi connectivity index (χ4n) is 2.25. The summed E-state index contributed by atoms with van der Waals surface area (Å²) in [5.74, 6) is -0.154. The van der Waals surface area contributed by atoms with E-state index in [1.807, 2.05) is 37.3 Å². The van der Waals surface area contributed by atoms with Gasteiger partial charge in [0.1, 0.15) is 12.4 Å². The number of anilines is 1. The molecule has 0 unspecified atom stereocenters. The fraction of sp³-hybridized carbons (Fsp3) is 0.375. The van der Waals surface area contributed by atoms with Crippen molar-refractivity contribution in [3.05, 3.63) is 42.2 Å². The number of benzene rings is 1. The summed E-state index contributed by atoms with van der Waals surface area (Å²) < 4.78 is 1.75. The lowest BCUT2D eigenvalue weighted by molar-refractivity contribution is -0.125. The SMILES string of the molecule is CCC[C@@H](NC(C)=O)C(=O)Nc1nncn1Cc1ccccc1. The van der Waals surface area contributed by atoms with Gasteiger partial charge in [-0.15, -0.1) is 10.2 Å². The Hall–Kier alpha value is -2.70. The standard InChI is InChI=1S/C16H21N5O2/c1-3-7-14(18-12(2)22)15(23)19-16-20-17-11-21(16)10-13-8-5-4-6-9-13/h4-6,8-9,11,14H,3,7,10H2,1-2H3,(H,18,22)(H,19,20,23)/t14-/m1/s1. The van der Waals surface area contributed by atoms with E-state index in [0.29, 0.717) is 18.9 Å². The van der Waals surface area contributed by atoms with Gasteiger partial charge in [0.2, 0.25) is 17.8 Å². The van der Waals surface area contributed by atoms with Crippen LogP contribution in [0, 0.1) is 0 Å². The van der Waals surface area contributed by atoms with Gasteiger partial charge in [-0.2, -0.15) is 0 Å². The zero-order valence-electron chi connectivity index (χ0n) is 13.3. The molecule has 0 radical (unpaired) electrons. The monoisotopic (exact) mass is 315 g/mol. The molecule has 0 fully saturated rings. The number of carbonyl (C=O) groups is 2. The third-order valence-electron chi connectivity index (χ3n) is 3.32. The lowest BCUT2D eigenvalue weighted by atomic mass is 10.1. The van der Waals surface area contributed by atoms with E-state index in [9.17, 15) is 9.59 Å². The fourth-order valence-corrected chi connectivity index (χ4v) is 2.25. The van der Waals surface area contributed by atoms with Crippen molar-refractivity contribution in [3.8, 4) is 0 Å². The predicted molar refractivity (Wildman–Crippen MR) is 86.7 cm³/mol. The summed E-state index contributed by atoms with van der Waals surface area (Å²) in [4.78, 5) is 23.6. The molecule has 122 valence electrons. The molecule has 2 amide bonds. The minimum absolute atomic E-state index is 0.232. The van der Waals surface area contributed by atoms with Gasteiger partial charge in [0, 0.05) is 6.92 Å². The Labute approximate surface area is 135 Å². The number of aromatic nitrogens is 3. The van der Waals surface area contributed by atoms with Gasteiger partial charge in [0.05, 0.1) is 6.54 Å². The molecule has 2 N–H and O–H groups in total. The van der Waals surface area contributed by atoms with Gasteiger partial charge in [-0.1, -0.05) is 43.7 Å². The highest BCUT2D eigenvalue weighted by Gasteiger charge is 2.20. The summed E-state index contributed by atoms with van der Waals surface area (Å²) in [5.41, 5.74) is 1.08. The summed E-state index contributed by atoms with van der Waals surface area (Å²) in [6, 6.07) is 9.25. The molecular weight excluding hydrogens is 294 g/mol. The normalized spacial score (nSPS) is 11.7. The first-order chi connectivity index (χ1) is 11.1. The molecule has 0 aliphatic heterocycles. The van der Waals surface area contributed by atoms with Crippen LogP contribution in [0.25, 0.3) is 0 Å². The van der Waals surface area contributed by atoms with Gasteiger partial charge < -0.3 is 5.32 Å². The number of rotatable bonds is 7. The van der Waals surface area contributed by atoms with Crippen molar-refractivity contribution in [1.82, 2.24) is 20.1 Å². The van der Waals surface area contributed by atoms with Gasteiger partial charge in [-0.05, 0) is 12.0 Å². The van der Waals surface area contributed by atoms with Crippen molar-refractivity contribution in [1.29, 1.82) is 0 Å². The van der Waals surface area contributed by atoms with Crippen molar-refractivity contribution in [2.24, 2.45) is 0 Å². The molecule has 7 nitrogen and oxygen atoms in total. The van der Waals surface area contributed by atoms with Crippen LogP contribution in [0.3, 0.4) is 0 Å². The Morgan fingerprint density at radius 3 is 2.65 bits per heavy atom. The number of nitrogens with one attached hydrogen (secondary N) is 2. The van der Waals surface area contributed by atoms with E-state index < -0.39 is 6.04 Å². The molecule has 1 heterocycles. The highest BCUT2D eigenvalue weighted by molar-refractivity contribution is 5.95. The third-order valence-corrected chi connectivity index (χ3v) is 3.32. The molecule has 0 saturated heterocycles. The lowest BCUT2D eigenvalue weighted by Gasteiger charge is -2.16. The quantitative estimate of drug-likeness (QED) is 0.811. The molecule has 1 aromatic heterocycles. The summed E-state index contributed by atoms with van der Waals surface area (Å²) in [5, 5.41) is 13.2. The van der Waals surface area contributed by atoms with Crippen LogP contribution in [-0.2, 0) is 16.1 Å². The molecule has 7 heteroatoms. The number of carbonyl (C=O) groups excluding carboxylic acids is 2. The first-order valence-corrected chi connectivity index (χ1v) is 7.60. The second kappa shape index (κ2) is 8.07. The van der Waals surface area contributed by atoms with Crippen LogP contribution >= 0.6 is 0 Å². The van der Waals surface area contributed by atoms with E-state index in [1.165, 1.54) is 6.92 Å². The van der Waals surface area contributed by atoms with Crippen LogP contribution < -0.4 is 10.6 Å². The molecule has 2 rings (SSSR count). The summed E-state index contributed by atoms with van der Waals surface area (Å²) in [6.07, 6.45) is 2.92. The minimum Gasteiger partial charge on any atom is -0.345 e. The Morgan fingerprint density at radius 2 is 2.00 bits per heavy atom. The van der Waals surface area contributed by atoms with Crippen LogP contribution in [0.2, 0.25) is 0 Å². The van der Waals surface area contributed by atoms with Crippen LogP contribution in [0.1, 0.15) is 32.3 Å². The summed E-state index contributed by atoms with van der Waals surface area (Å²) in [6.45, 7) is 3.91. The second-order valence-corrected chi connectivity index (χ2v) is 5.30. The molecule has 1 atom stereocenters. The smallest absolute Gasteiger partial charge is 0.249 e. The largest absolute Gasteiger partial charge is 0.345 e. The molecular formula is C16H21N5O2. The Balaban J connectivity index is 2.06. The van der Waals surface area contributed by atoms with E-state index >= 15 is 0 Å². The maximum absolute atomic E-state index is 12.3. The number of amides is 2. The average Bonchev–Trinajstić information content (AvgIpc) is 2.94. The Kier molecular flexibility index (Phi) is 5.85. The van der Waals surface area contributed by atoms with Crippen LogP contribution in [0.4, 0.5) is 5.95 Å². The molecule has 0 saturated carbocycles. The Bertz CT molecular complexity index is 654. The van der Waals surface area contributed by atoms with E-state index in [4.69, 9.17) is 0 Å². The maximum atomic E-state index is 12.3. The van der Waals surface area contributed by atoms with Gasteiger partial charge in [0.15, 0.2) is 0 Å². The van der Waals surface area contributed by atoms with Gasteiger partial charge in [0.25, 0.3) is 0 Å². The van der Waals surface area contributed by atoms with Gasteiger partial charge in [-0.25, -0.2) is 0 Å². The Morgan fingerprint density at radius 1 is 1.26 bits per heavy atom. The van der Waals surface area contributed by atoms with Crippen molar-refractivity contribution < 1.29 is 9.59 Å². The zero-order chi connectivity index (χ0) is 16.7. The molecule has 0 aliphatic rings.